The number of carbonyl (C=O) groups excluding carboxylic acids is 1. The van der Waals surface area contributed by atoms with Gasteiger partial charge in [-0.25, -0.2) is 17.2 Å². The lowest BCUT2D eigenvalue weighted by Gasteiger charge is -2.22. The lowest BCUT2D eigenvalue weighted by atomic mass is 10.2. The fourth-order valence-corrected chi connectivity index (χ4v) is 3.51. The third-order valence-electron chi connectivity index (χ3n) is 3.81. The molecule has 0 atom stereocenters. The molecule has 28 heavy (non-hydrogen) atoms. The highest BCUT2D eigenvalue weighted by atomic mass is 32.2. The number of nitrogens with zero attached hydrogens (tertiary/aromatic N) is 1. The van der Waals surface area contributed by atoms with Crippen LogP contribution < -0.4 is 14.4 Å². The summed E-state index contributed by atoms with van der Waals surface area (Å²) in [5, 5.41) is 2.35. The first-order valence-corrected chi connectivity index (χ1v) is 10.5. The van der Waals surface area contributed by atoms with Gasteiger partial charge in [0.25, 0.3) is 0 Å². The van der Waals surface area contributed by atoms with Crippen molar-refractivity contribution in [2.75, 3.05) is 29.0 Å². The van der Waals surface area contributed by atoms with Crippen LogP contribution in [0, 0.1) is 11.6 Å². The van der Waals surface area contributed by atoms with Crippen LogP contribution in [0.25, 0.3) is 0 Å². The Morgan fingerprint density at radius 2 is 1.82 bits per heavy atom. The molecule has 1 amide bonds. The second-order valence-electron chi connectivity index (χ2n) is 6.04. The zero-order valence-corrected chi connectivity index (χ0v) is 16.4. The average Bonchev–Trinajstić information content (AvgIpc) is 2.61. The molecule has 0 aliphatic heterocycles. The first-order chi connectivity index (χ1) is 13.2. The largest absolute Gasteiger partial charge is 0.494 e. The minimum absolute atomic E-state index is 0.0279. The lowest BCUT2D eigenvalue weighted by molar-refractivity contribution is -0.116. The summed E-state index contributed by atoms with van der Waals surface area (Å²) in [6.07, 6.45) is 1.27. The Hall–Kier alpha value is -2.68. The molecule has 0 spiro atoms. The van der Waals surface area contributed by atoms with Crippen molar-refractivity contribution in [3.05, 3.63) is 54.1 Å². The number of hydrogen-bond acceptors (Lipinski definition) is 4. The molecule has 0 radical (unpaired) electrons. The van der Waals surface area contributed by atoms with Crippen LogP contribution in [0.1, 0.15) is 19.8 Å². The monoisotopic (exact) mass is 412 g/mol. The van der Waals surface area contributed by atoms with E-state index < -0.39 is 27.6 Å². The van der Waals surface area contributed by atoms with Gasteiger partial charge in [-0.1, -0.05) is 0 Å². The molecule has 0 fully saturated rings. The highest BCUT2D eigenvalue weighted by Crippen LogP contribution is 2.22. The summed E-state index contributed by atoms with van der Waals surface area (Å²) in [5.41, 5.74) is 0.328. The van der Waals surface area contributed by atoms with Gasteiger partial charge in [0.05, 0.1) is 24.2 Å². The topological polar surface area (TPSA) is 75.7 Å². The van der Waals surface area contributed by atoms with E-state index in [1.807, 2.05) is 6.92 Å². The van der Waals surface area contributed by atoms with E-state index in [0.717, 1.165) is 18.4 Å². The maximum atomic E-state index is 13.6. The van der Waals surface area contributed by atoms with E-state index in [0.29, 0.717) is 24.1 Å². The number of hydrogen-bond donors (Lipinski definition) is 1. The highest BCUT2D eigenvalue weighted by molar-refractivity contribution is 7.92. The van der Waals surface area contributed by atoms with Gasteiger partial charge in [-0.2, -0.15) is 0 Å². The van der Waals surface area contributed by atoms with Crippen molar-refractivity contribution in [2.45, 2.75) is 19.8 Å². The van der Waals surface area contributed by atoms with E-state index in [4.69, 9.17) is 4.74 Å². The highest BCUT2D eigenvalue weighted by Gasteiger charge is 2.18. The van der Waals surface area contributed by atoms with E-state index >= 15 is 0 Å². The summed E-state index contributed by atoms with van der Waals surface area (Å²) < 4.78 is 57.2. The molecule has 0 unspecified atom stereocenters. The predicted octanol–water partition coefficient (Wildman–Crippen LogP) is 3.55. The molecule has 0 saturated carbocycles. The Kier molecular flexibility index (Phi) is 7.33. The zero-order chi connectivity index (χ0) is 20.7. The molecule has 2 aromatic carbocycles. The van der Waals surface area contributed by atoms with Gasteiger partial charge in [-0.15, -0.1) is 0 Å². The van der Waals surface area contributed by atoms with Crippen LogP contribution in [0.4, 0.5) is 20.2 Å². The van der Waals surface area contributed by atoms with Crippen molar-refractivity contribution < 1.29 is 26.7 Å². The van der Waals surface area contributed by atoms with E-state index in [-0.39, 0.29) is 25.1 Å². The van der Waals surface area contributed by atoms with Gasteiger partial charge in [0.2, 0.25) is 15.9 Å². The summed E-state index contributed by atoms with van der Waals surface area (Å²) in [6.45, 7) is 2.42. The third-order valence-corrected chi connectivity index (χ3v) is 5.00. The van der Waals surface area contributed by atoms with Gasteiger partial charge in [-0.05, 0) is 49.7 Å². The second kappa shape index (κ2) is 9.50. The minimum Gasteiger partial charge on any atom is -0.494 e. The standard InChI is InChI=1S/C19H22F2N2O4S/c1-3-27-16-9-7-15(8-10-16)23(28(2,25)26)12-4-5-19(24)22-18-11-6-14(20)13-17(18)21/h6-11,13H,3-5,12H2,1-2H3,(H,22,24). The summed E-state index contributed by atoms with van der Waals surface area (Å²) in [6, 6.07) is 9.43. The molecule has 0 aliphatic carbocycles. The molecular formula is C19H22F2N2O4S. The Labute approximate surface area is 163 Å². The number of halogens is 2. The average molecular weight is 412 g/mol. The van der Waals surface area contributed by atoms with Crippen molar-refractivity contribution in [2.24, 2.45) is 0 Å². The number of anilines is 2. The normalized spacial score (nSPS) is 11.1. The van der Waals surface area contributed by atoms with Gasteiger partial charge in [0.15, 0.2) is 0 Å². The third kappa shape index (κ3) is 6.19. The Morgan fingerprint density at radius 1 is 1.14 bits per heavy atom. The summed E-state index contributed by atoms with van der Waals surface area (Å²) in [7, 11) is -3.55. The first kappa shape index (κ1) is 21.6. The van der Waals surface area contributed by atoms with Crippen molar-refractivity contribution in [1.29, 1.82) is 0 Å². The van der Waals surface area contributed by atoms with E-state index in [1.54, 1.807) is 24.3 Å². The zero-order valence-electron chi connectivity index (χ0n) is 15.6. The maximum absolute atomic E-state index is 13.6. The smallest absolute Gasteiger partial charge is 0.232 e. The summed E-state index contributed by atoms with van der Waals surface area (Å²) in [4.78, 5) is 12.0. The molecule has 0 aromatic heterocycles. The number of amides is 1. The van der Waals surface area contributed by atoms with E-state index in [9.17, 15) is 22.0 Å². The van der Waals surface area contributed by atoms with Crippen molar-refractivity contribution >= 4 is 27.3 Å². The van der Waals surface area contributed by atoms with Gasteiger partial charge >= 0.3 is 0 Å². The Bertz CT molecular complexity index is 918. The van der Waals surface area contributed by atoms with Gasteiger partial charge in [-0.3, -0.25) is 9.10 Å². The van der Waals surface area contributed by atoms with Crippen LogP contribution in [-0.4, -0.2) is 33.7 Å². The van der Waals surface area contributed by atoms with Crippen molar-refractivity contribution in [1.82, 2.24) is 0 Å². The molecule has 6 nitrogen and oxygen atoms in total. The van der Waals surface area contributed by atoms with Crippen LogP contribution in [0.5, 0.6) is 5.75 Å². The first-order valence-electron chi connectivity index (χ1n) is 8.66. The fraction of sp³-hybridized carbons (Fsp3) is 0.316. The van der Waals surface area contributed by atoms with Crippen LogP contribution >= 0.6 is 0 Å². The second-order valence-corrected chi connectivity index (χ2v) is 7.94. The van der Waals surface area contributed by atoms with Crippen molar-refractivity contribution in [3.8, 4) is 5.75 Å². The van der Waals surface area contributed by atoms with E-state index in [1.165, 1.54) is 4.31 Å². The van der Waals surface area contributed by atoms with Gasteiger partial charge in [0.1, 0.15) is 17.4 Å². The summed E-state index contributed by atoms with van der Waals surface area (Å²) >= 11 is 0. The summed E-state index contributed by atoms with van der Waals surface area (Å²) in [5.74, 6) is -1.48. The molecule has 0 bridgehead atoms. The van der Waals surface area contributed by atoms with Crippen LogP contribution in [-0.2, 0) is 14.8 Å². The van der Waals surface area contributed by atoms with Gasteiger partial charge in [0, 0.05) is 19.0 Å². The molecule has 2 aromatic rings. The SMILES string of the molecule is CCOc1ccc(N(CCCC(=O)Nc2ccc(F)cc2F)S(C)(=O)=O)cc1. The molecule has 0 heterocycles. The number of rotatable bonds is 9. The fourth-order valence-electron chi connectivity index (χ4n) is 2.55. The van der Waals surface area contributed by atoms with Crippen LogP contribution in [0.15, 0.2) is 42.5 Å². The molecule has 0 saturated heterocycles. The number of benzene rings is 2. The van der Waals surface area contributed by atoms with Gasteiger partial charge < -0.3 is 10.1 Å². The maximum Gasteiger partial charge on any atom is 0.232 e. The quantitative estimate of drug-likeness (QED) is 0.684. The molecule has 0 aliphatic rings. The number of sulfonamides is 1. The molecular weight excluding hydrogens is 390 g/mol. The molecule has 9 heteroatoms. The van der Waals surface area contributed by atoms with Crippen LogP contribution in [0.2, 0.25) is 0 Å². The number of ether oxygens (including phenoxy) is 1. The Morgan fingerprint density at radius 3 is 2.39 bits per heavy atom. The minimum atomic E-state index is -3.55. The van der Waals surface area contributed by atoms with Crippen molar-refractivity contribution in [3.63, 3.8) is 0 Å². The lowest BCUT2D eigenvalue weighted by Crippen LogP contribution is -2.31. The van der Waals surface area contributed by atoms with E-state index in [2.05, 4.69) is 5.32 Å². The number of carbonyl (C=O) groups is 1. The number of nitrogens with one attached hydrogen (secondary N) is 1. The molecule has 1 N–H and O–H groups in total. The Balaban J connectivity index is 1.97. The molecule has 2 rings (SSSR count). The molecule has 152 valence electrons. The van der Waals surface area contributed by atoms with Crippen LogP contribution in [0.3, 0.4) is 0 Å². The predicted molar refractivity (Wildman–Crippen MR) is 104 cm³/mol.